The average molecular weight is 335 g/mol. The Hall–Kier alpha value is -2.41. The molecule has 0 aromatic heterocycles. The van der Waals surface area contributed by atoms with Crippen LogP contribution in [0.2, 0.25) is 0 Å². The molecule has 0 radical (unpaired) electrons. The van der Waals surface area contributed by atoms with Gasteiger partial charge in [0.05, 0.1) is 12.6 Å². The minimum absolute atomic E-state index is 0.261. The third kappa shape index (κ3) is 8.28. The molecule has 132 valence electrons. The second-order valence-electron chi connectivity index (χ2n) is 6.52. The molecule has 0 unspecified atom stereocenters. The Morgan fingerprint density at radius 3 is 2.21 bits per heavy atom. The first-order valence-electron chi connectivity index (χ1n) is 7.75. The molecule has 0 spiro atoms. The van der Waals surface area contributed by atoms with Crippen LogP contribution in [0.1, 0.15) is 26.3 Å². The zero-order valence-corrected chi connectivity index (χ0v) is 14.3. The molecule has 0 aliphatic rings. The van der Waals surface area contributed by atoms with Crippen molar-refractivity contribution in [3.63, 3.8) is 0 Å². The summed E-state index contributed by atoms with van der Waals surface area (Å²) < 4.78 is 0. The maximum Gasteiger partial charge on any atom is 0.322 e. The van der Waals surface area contributed by atoms with Crippen molar-refractivity contribution in [3.05, 3.63) is 35.9 Å². The number of carbonyl (C=O) groups excluding carboxylic acids is 2. The number of nitrogens with one attached hydrogen (secondary N) is 3. The highest BCUT2D eigenvalue weighted by Gasteiger charge is 2.24. The standard InChI is InChI=1S/C17H25N3O4/c1-17(2,3)20-13(9-12-7-5-4-6-8-12)16(24)19-10-14(21)18-11-15(22)23/h4-8,13,20H,9-11H2,1-3H3,(H,18,21)(H,19,24)(H,22,23)/t13-/m0/s1. The lowest BCUT2D eigenvalue weighted by atomic mass is 10.0. The van der Waals surface area contributed by atoms with Crippen molar-refractivity contribution in [1.82, 2.24) is 16.0 Å². The Bertz CT molecular complexity index is 567. The number of rotatable bonds is 8. The molecule has 0 bridgehead atoms. The van der Waals surface area contributed by atoms with Crippen LogP contribution in [0.15, 0.2) is 30.3 Å². The summed E-state index contributed by atoms with van der Waals surface area (Å²) >= 11 is 0. The summed E-state index contributed by atoms with van der Waals surface area (Å²) in [4.78, 5) is 34.3. The fraction of sp³-hybridized carbons (Fsp3) is 0.471. The molecule has 1 aromatic carbocycles. The van der Waals surface area contributed by atoms with Crippen molar-refractivity contribution in [2.75, 3.05) is 13.1 Å². The first kappa shape index (κ1) is 19.6. The number of benzene rings is 1. The lowest BCUT2D eigenvalue weighted by Crippen LogP contribution is -2.54. The highest BCUT2D eigenvalue weighted by molar-refractivity contribution is 5.88. The van der Waals surface area contributed by atoms with Gasteiger partial charge in [0.15, 0.2) is 0 Å². The molecule has 7 heteroatoms. The predicted molar refractivity (Wildman–Crippen MR) is 90.5 cm³/mol. The average Bonchev–Trinajstić information content (AvgIpc) is 2.49. The summed E-state index contributed by atoms with van der Waals surface area (Å²) in [6.45, 7) is 5.14. The second-order valence-corrected chi connectivity index (χ2v) is 6.52. The molecular formula is C17H25N3O4. The number of amides is 2. The van der Waals surface area contributed by atoms with E-state index in [1.807, 2.05) is 51.1 Å². The van der Waals surface area contributed by atoms with Crippen LogP contribution >= 0.6 is 0 Å². The maximum atomic E-state index is 12.4. The van der Waals surface area contributed by atoms with E-state index in [1.165, 1.54) is 0 Å². The Labute approximate surface area is 141 Å². The van der Waals surface area contributed by atoms with Crippen molar-refractivity contribution in [1.29, 1.82) is 0 Å². The summed E-state index contributed by atoms with van der Waals surface area (Å²) in [6, 6.07) is 9.08. The topological polar surface area (TPSA) is 108 Å². The van der Waals surface area contributed by atoms with Gasteiger partial charge in [-0.1, -0.05) is 30.3 Å². The number of carbonyl (C=O) groups is 3. The minimum Gasteiger partial charge on any atom is -0.480 e. The van der Waals surface area contributed by atoms with E-state index in [1.54, 1.807) is 0 Å². The van der Waals surface area contributed by atoms with Gasteiger partial charge >= 0.3 is 5.97 Å². The maximum absolute atomic E-state index is 12.4. The highest BCUT2D eigenvalue weighted by Crippen LogP contribution is 2.08. The van der Waals surface area contributed by atoms with E-state index in [2.05, 4.69) is 16.0 Å². The fourth-order valence-electron chi connectivity index (χ4n) is 2.11. The first-order chi connectivity index (χ1) is 11.2. The Morgan fingerprint density at radius 1 is 1.04 bits per heavy atom. The molecule has 1 aromatic rings. The molecule has 0 heterocycles. The molecule has 0 aliphatic carbocycles. The lowest BCUT2D eigenvalue weighted by Gasteiger charge is -2.28. The Morgan fingerprint density at radius 2 is 1.67 bits per heavy atom. The van der Waals surface area contributed by atoms with Gasteiger partial charge in [0, 0.05) is 5.54 Å². The van der Waals surface area contributed by atoms with Gasteiger partial charge in [-0.2, -0.15) is 0 Å². The van der Waals surface area contributed by atoms with Crippen LogP contribution < -0.4 is 16.0 Å². The highest BCUT2D eigenvalue weighted by atomic mass is 16.4. The number of carboxylic acid groups (broad SMARTS) is 1. The van der Waals surface area contributed by atoms with E-state index >= 15 is 0 Å². The van der Waals surface area contributed by atoms with E-state index in [4.69, 9.17) is 5.11 Å². The van der Waals surface area contributed by atoms with Gasteiger partial charge in [0.25, 0.3) is 0 Å². The van der Waals surface area contributed by atoms with Gasteiger partial charge in [0.1, 0.15) is 6.54 Å². The summed E-state index contributed by atoms with van der Waals surface area (Å²) in [6.07, 6.45) is 0.487. The van der Waals surface area contributed by atoms with Crippen molar-refractivity contribution in [2.24, 2.45) is 0 Å². The third-order valence-corrected chi connectivity index (χ3v) is 3.07. The predicted octanol–water partition coefficient (Wildman–Crippen LogP) is 0.303. The summed E-state index contributed by atoms with van der Waals surface area (Å²) in [5.74, 6) is -1.98. The molecule has 0 saturated carbocycles. The monoisotopic (exact) mass is 335 g/mol. The molecular weight excluding hydrogens is 310 g/mol. The number of aliphatic carboxylic acids is 1. The summed E-state index contributed by atoms with van der Waals surface area (Å²) in [5, 5.41) is 16.5. The van der Waals surface area contributed by atoms with Crippen molar-refractivity contribution in [2.45, 2.75) is 38.8 Å². The van der Waals surface area contributed by atoms with E-state index < -0.39 is 24.5 Å². The van der Waals surface area contributed by atoms with Gasteiger partial charge in [-0.3, -0.25) is 14.4 Å². The normalized spacial score (nSPS) is 12.3. The summed E-state index contributed by atoms with van der Waals surface area (Å²) in [7, 11) is 0. The van der Waals surface area contributed by atoms with Gasteiger partial charge in [0.2, 0.25) is 11.8 Å². The molecule has 7 nitrogen and oxygen atoms in total. The first-order valence-corrected chi connectivity index (χ1v) is 7.75. The molecule has 2 amide bonds. The van der Waals surface area contributed by atoms with Crippen LogP contribution in [0, 0.1) is 0 Å². The molecule has 0 saturated heterocycles. The number of hydrogen-bond acceptors (Lipinski definition) is 4. The van der Waals surface area contributed by atoms with Crippen LogP contribution in [0.25, 0.3) is 0 Å². The van der Waals surface area contributed by atoms with E-state index in [9.17, 15) is 14.4 Å². The Kier molecular flexibility index (Phi) is 7.38. The van der Waals surface area contributed by atoms with Crippen molar-refractivity contribution < 1.29 is 19.5 Å². The van der Waals surface area contributed by atoms with Crippen molar-refractivity contribution >= 4 is 17.8 Å². The van der Waals surface area contributed by atoms with Crippen LogP contribution in [0.5, 0.6) is 0 Å². The van der Waals surface area contributed by atoms with Crippen molar-refractivity contribution in [3.8, 4) is 0 Å². The second kappa shape index (κ2) is 9.02. The molecule has 24 heavy (non-hydrogen) atoms. The molecule has 4 N–H and O–H groups in total. The minimum atomic E-state index is -1.13. The fourth-order valence-corrected chi connectivity index (χ4v) is 2.11. The van der Waals surface area contributed by atoms with Gasteiger partial charge in [-0.15, -0.1) is 0 Å². The largest absolute Gasteiger partial charge is 0.480 e. The molecule has 1 rings (SSSR count). The molecule has 1 atom stereocenters. The molecule has 0 aliphatic heterocycles. The van der Waals surface area contributed by atoms with Crippen LogP contribution in [0.4, 0.5) is 0 Å². The van der Waals surface area contributed by atoms with Crippen LogP contribution in [-0.4, -0.2) is 47.6 Å². The van der Waals surface area contributed by atoms with Crippen LogP contribution in [0.3, 0.4) is 0 Å². The third-order valence-electron chi connectivity index (χ3n) is 3.07. The summed E-state index contributed by atoms with van der Waals surface area (Å²) in [5.41, 5.74) is 0.729. The lowest BCUT2D eigenvalue weighted by molar-refractivity contribution is -0.137. The van der Waals surface area contributed by atoms with E-state index in [-0.39, 0.29) is 18.0 Å². The Balaban J connectivity index is 2.63. The quantitative estimate of drug-likeness (QED) is 0.547. The smallest absolute Gasteiger partial charge is 0.322 e. The zero-order valence-electron chi connectivity index (χ0n) is 14.3. The van der Waals surface area contributed by atoms with Gasteiger partial charge < -0.3 is 21.1 Å². The zero-order chi connectivity index (χ0) is 18.2. The SMILES string of the molecule is CC(C)(C)N[C@@H](Cc1ccccc1)C(=O)NCC(=O)NCC(=O)O. The van der Waals surface area contributed by atoms with Crippen LogP contribution in [-0.2, 0) is 20.8 Å². The van der Waals surface area contributed by atoms with E-state index in [0.29, 0.717) is 6.42 Å². The van der Waals surface area contributed by atoms with E-state index in [0.717, 1.165) is 5.56 Å². The molecule has 0 fully saturated rings. The number of hydrogen-bond donors (Lipinski definition) is 4. The number of carboxylic acids is 1. The van der Waals surface area contributed by atoms with Gasteiger partial charge in [-0.25, -0.2) is 0 Å². The van der Waals surface area contributed by atoms with Gasteiger partial charge in [-0.05, 0) is 32.8 Å².